The van der Waals surface area contributed by atoms with E-state index in [1.807, 2.05) is 0 Å². The van der Waals surface area contributed by atoms with Crippen molar-refractivity contribution < 1.29 is 45.0 Å². The molecule has 2 heterocycles. The lowest BCUT2D eigenvalue weighted by Crippen LogP contribution is -2.76. The number of amides is 1. The first kappa shape index (κ1) is 23.1. The third kappa shape index (κ3) is 4.50. The highest BCUT2D eigenvalue weighted by atomic mass is 19.4. The van der Waals surface area contributed by atoms with Crippen molar-refractivity contribution in [2.24, 2.45) is 0 Å². The Kier molecular flexibility index (Phi) is 5.20. The summed E-state index contributed by atoms with van der Waals surface area (Å²) in [6, 6.07) is 1.41. The van der Waals surface area contributed by atoms with Crippen LogP contribution in [0.25, 0.3) is 0 Å². The maximum Gasteiger partial charge on any atom is 0.522 e. The molecule has 6 rings (SSSR count). The molecule has 0 spiro atoms. The number of carbonyl (C=O) groups excluding carboxylic acids is 1. The summed E-state index contributed by atoms with van der Waals surface area (Å²) < 4.78 is 87.4. The van der Waals surface area contributed by atoms with Crippen LogP contribution in [0.2, 0.25) is 0 Å². The van der Waals surface area contributed by atoms with Crippen molar-refractivity contribution >= 4 is 5.91 Å². The smallest absolute Gasteiger partial charge is 0.424 e. The van der Waals surface area contributed by atoms with E-state index in [1.165, 1.54) is 16.9 Å². The number of alkyl halides is 6. The highest BCUT2D eigenvalue weighted by molar-refractivity contribution is 5.93. The summed E-state index contributed by atoms with van der Waals surface area (Å²) in [6.07, 6.45) is -6.90. The molecule has 0 atom stereocenters. The van der Waals surface area contributed by atoms with E-state index in [1.54, 1.807) is 0 Å². The van der Waals surface area contributed by atoms with Gasteiger partial charge in [-0.1, -0.05) is 0 Å². The van der Waals surface area contributed by atoms with E-state index in [0.717, 1.165) is 0 Å². The first-order valence-electron chi connectivity index (χ1n) is 10.5. The van der Waals surface area contributed by atoms with Crippen molar-refractivity contribution in [1.82, 2.24) is 25.3 Å². The minimum absolute atomic E-state index is 0.0754. The van der Waals surface area contributed by atoms with Gasteiger partial charge in [-0.05, 0) is 38.2 Å². The minimum Gasteiger partial charge on any atom is -0.424 e. The van der Waals surface area contributed by atoms with Gasteiger partial charge in [0.15, 0.2) is 0 Å². The van der Waals surface area contributed by atoms with Crippen LogP contribution in [0.4, 0.5) is 26.3 Å². The second-order valence-electron chi connectivity index (χ2n) is 9.10. The van der Waals surface area contributed by atoms with Gasteiger partial charge in [0.25, 0.3) is 5.91 Å². The van der Waals surface area contributed by atoms with Crippen LogP contribution >= 0.6 is 0 Å². The van der Waals surface area contributed by atoms with Gasteiger partial charge in [-0.15, -0.1) is 36.5 Å². The van der Waals surface area contributed by atoms with Crippen molar-refractivity contribution in [1.29, 1.82) is 0 Å². The fourth-order valence-electron chi connectivity index (χ4n) is 4.98. The summed E-state index contributed by atoms with van der Waals surface area (Å²) >= 11 is 0. The maximum atomic E-state index is 12.5. The molecule has 4 aliphatic carbocycles. The van der Waals surface area contributed by atoms with Gasteiger partial charge in [-0.2, -0.15) is 5.10 Å². The lowest BCUT2D eigenvalue weighted by Gasteiger charge is -2.68. The van der Waals surface area contributed by atoms with Gasteiger partial charge in [0, 0.05) is 17.7 Å². The first-order chi connectivity index (χ1) is 15.8. The summed E-state index contributed by atoms with van der Waals surface area (Å²) in [6.45, 7) is -0.785. The standard InChI is InChI=1S/C19H19F6N5O4/c20-18(21,22)32-4-3-30-2-1-12(29-30)13(31)26-17-7-16(8-17,9-17)15-28-27-14(33-15)10-5-11(6-10)34-19(23,24)25/h1-2,10-11H,3-9H2,(H,26,31)/t10-,11+,16?,17?. The van der Waals surface area contributed by atoms with Crippen molar-refractivity contribution in [2.45, 2.75) is 74.3 Å². The van der Waals surface area contributed by atoms with Gasteiger partial charge in [0.05, 0.1) is 24.7 Å². The summed E-state index contributed by atoms with van der Waals surface area (Å²) in [5.41, 5.74) is -0.735. The Morgan fingerprint density at radius 2 is 1.85 bits per heavy atom. The Labute approximate surface area is 187 Å². The molecular formula is C19H19F6N5O4. The topological polar surface area (TPSA) is 104 Å². The lowest BCUT2D eigenvalue weighted by atomic mass is 9.39. The molecule has 0 saturated heterocycles. The number of ether oxygens (including phenoxy) is 2. The SMILES string of the molecule is O=C(NC12CC(c3nnc([C@H]4C[C@@H](OC(F)(F)F)C4)o3)(C1)C2)c1ccn(CCOC(F)(F)F)n1. The maximum absolute atomic E-state index is 12.5. The molecule has 34 heavy (non-hydrogen) atoms. The zero-order valence-corrected chi connectivity index (χ0v) is 17.4. The monoisotopic (exact) mass is 495 g/mol. The molecule has 1 amide bonds. The number of carbonyl (C=O) groups is 1. The number of hydrogen-bond acceptors (Lipinski definition) is 7. The van der Waals surface area contributed by atoms with Crippen LogP contribution in [0, 0.1) is 0 Å². The fraction of sp³-hybridized carbons (Fsp3) is 0.684. The number of halogens is 6. The van der Waals surface area contributed by atoms with Gasteiger partial charge < -0.3 is 9.73 Å². The Morgan fingerprint density at radius 3 is 2.50 bits per heavy atom. The third-order valence-electron chi connectivity index (χ3n) is 6.51. The van der Waals surface area contributed by atoms with Gasteiger partial charge in [-0.25, -0.2) is 0 Å². The highest BCUT2D eigenvalue weighted by Crippen LogP contribution is 2.67. The van der Waals surface area contributed by atoms with E-state index in [4.69, 9.17) is 4.42 Å². The molecular weight excluding hydrogens is 476 g/mol. The quantitative estimate of drug-likeness (QED) is 0.561. The number of hydrogen-bond donors (Lipinski definition) is 1. The average molecular weight is 495 g/mol. The normalized spacial score (nSPS) is 30.3. The summed E-state index contributed by atoms with van der Waals surface area (Å²) in [5, 5.41) is 14.9. The number of nitrogens with one attached hydrogen (secondary N) is 1. The second kappa shape index (κ2) is 7.66. The first-order valence-corrected chi connectivity index (χ1v) is 10.5. The van der Waals surface area contributed by atoms with Crippen LogP contribution in [-0.2, 0) is 21.4 Å². The lowest BCUT2D eigenvalue weighted by molar-refractivity contribution is -0.352. The molecule has 4 fully saturated rings. The highest BCUT2D eigenvalue weighted by Gasteiger charge is 2.72. The van der Waals surface area contributed by atoms with Crippen molar-refractivity contribution in [3.63, 3.8) is 0 Å². The molecule has 2 aromatic heterocycles. The summed E-state index contributed by atoms with van der Waals surface area (Å²) in [4.78, 5) is 12.5. The molecule has 0 aromatic carbocycles. The Bertz CT molecular complexity index is 1050. The molecule has 4 saturated carbocycles. The van der Waals surface area contributed by atoms with Gasteiger partial charge in [-0.3, -0.25) is 19.0 Å². The van der Waals surface area contributed by atoms with E-state index < -0.39 is 36.9 Å². The van der Waals surface area contributed by atoms with Crippen molar-refractivity contribution in [3.8, 4) is 0 Å². The summed E-state index contributed by atoms with van der Waals surface area (Å²) in [5.74, 6) is -0.0147. The Hall–Kier alpha value is -2.68. The zero-order chi connectivity index (χ0) is 24.4. The van der Waals surface area contributed by atoms with E-state index in [9.17, 15) is 31.1 Å². The largest absolute Gasteiger partial charge is 0.522 e. The summed E-state index contributed by atoms with van der Waals surface area (Å²) in [7, 11) is 0. The van der Waals surface area contributed by atoms with Crippen LogP contribution in [0.3, 0.4) is 0 Å². The Morgan fingerprint density at radius 1 is 1.15 bits per heavy atom. The average Bonchev–Trinajstić information content (AvgIpc) is 3.27. The molecule has 2 aromatic rings. The van der Waals surface area contributed by atoms with E-state index >= 15 is 0 Å². The Balaban J connectivity index is 1.09. The van der Waals surface area contributed by atoms with Crippen LogP contribution in [0.1, 0.15) is 60.3 Å². The van der Waals surface area contributed by atoms with Gasteiger partial charge >= 0.3 is 12.7 Å². The van der Waals surface area contributed by atoms with Gasteiger partial charge in [0.1, 0.15) is 5.69 Å². The molecule has 15 heteroatoms. The third-order valence-corrected chi connectivity index (χ3v) is 6.51. The zero-order valence-electron chi connectivity index (χ0n) is 17.4. The molecule has 1 N–H and O–H groups in total. The van der Waals surface area contributed by atoms with Crippen molar-refractivity contribution in [2.75, 3.05) is 6.61 Å². The molecule has 0 aliphatic heterocycles. The molecule has 186 valence electrons. The molecule has 0 radical (unpaired) electrons. The molecule has 9 nitrogen and oxygen atoms in total. The van der Waals surface area contributed by atoms with Gasteiger partial charge in [0.2, 0.25) is 11.8 Å². The van der Waals surface area contributed by atoms with Crippen LogP contribution in [0.5, 0.6) is 0 Å². The molecule has 4 aliphatic rings. The number of nitrogens with zero attached hydrogens (tertiary/aromatic N) is 4. The fourth-order valence-corrected chi connectivity index (χ4v) is 4.98. The van der Waals surface area contributed by atoms with E-state index in [2.05, 4.69) is 30.1 Å². The predicted octanol–water partition coefficient (Wildman–Crippen LogP) is 3.19. The predicted molar refractivity (Wildman–Crippen MR) is 97.2 cm³/mol. The molecule has 0 unspecified atom stereocenters. The van der Waals surface area contributed by atoms with Crippen LogP contribution < -0.4 is 5.32 Å². The van der Waals surface area contributed by atoms with Crippen LogP contribution in [-0.4, -0.2) is 56.9 Å². The van der Waals surface area contributed by atoms with E-state index in [-0.39, 0.29) is 36.4 Å². The number of rotatable bonds is 8. The van der Waals surface area contributed by atoms with E-state index in [0.29, 0.717) is 31.0 Å². The minimum atomic E-state index is -4.73. The van der Waals surface area contributed by atoms with Crippen LogP contribution in [0.15, 0.2) is 16.7 Å². The number of aromatic nitrogens is 4. The van der Waals surface area contributed by atoms with Crippen molar-refractivity contribution in [3.05, 3.63) is 29.7 Å². The second-order valence-corrected chi connectivity index (χ2v) is 9.10. The molecule has 2 bridgehead atoms.